The average molecular weight is 229 g/mol. The smallest absolute Gasteiger partial charge is 0.109 e. The zero-order valence-corrected chi connectivity index (χ0v) is 9.87. The summed E-state index contributed by atoms with van der Waals surface area (Å²) in [6, 6.07) is 8.06. The quantitative estimate of drug-likeness (QED) is 0.440. The van der Waals surface area contributed by atoms with Crippen molar-refractivity contribution in [3.63, 3.8) is 0 Å². The molecule has 5 nitrogen and oxygen atoms in total. The first-order chi connectivity index (χ1) is 8.36. The van der Waals surface area contributed by atoms with Gasteiger partial charge in [-0.2, -0.15) is 0 Å². The molecule has 1 aromatic carbocycles. The van der Waals surface area contributed by atoms with E-state index in [0.717, 1.165) is 29.7 Å². The number of benzene rings is 1. The molecule has 0 N–H and O–H groups in total. The van der Waals surface area contributed by atoms with E-state index in [-0.39, 0.29) is 0 Å². The zero-order valence-electron chi connectivity index (χ0n) is 9.87. The van der Waals surface area contributed by atoms with Crippen molar-refractivity contribution in [3.8, 4) is 0 Å². The van der Waals surface area contributed by atoms with Gasteiger partial charge in [-0.25, -0.2) is 4.98 Å². The molecule has 0 radical (unpaired) electrons. The van der Waals surface area contributed by atoms with Crippen LogP contribution in [0.4, 0.5) is 0 Å². The molecule has 88 valence electrons. The first-order valence-electron chi connectivity index (χ1n) is 5.81. The molecule has 0 aliphatic heterocycles. The van der Waals surface area contributed by atoms with Crippen molar-refractivity contribution in [2.45, 2.75) is 26.3 Å². The fraction of sp³-hybridized carbons (Fsp3) is 0.417. The lowest BCUT2D eigenvalue weighted by atomic mass is 10.3. The molecule has 0 saturated carbocycles. The van der Waals surface area contributed by atoms with Crippen LogP contribution in [-0.4, -0.2) is 16.1 Å². The van der Waals surface area contributed by atoms with Crippen LogP contribution in [0.15, 0.2) is 29.4 Å². The third kappa shape index (κ3) is 2.40. The van der Waals surface area contributed by atoms with Gasteiger partial charge in [-0.05, 0) is 24.1 Å². The SMILES string of the molecule is CCCc1nc2ccccc2n1CCN=[N+]=[N-]. The van der Waals surface area contributed by atoms with Crippen molar-refractivity contribution in [2.75, 3.05) is 6.54 Å². The molecule has 0 aliphatic carbocycles. The molecule has 17 heavy (non-hydrogen) atoms. The Morgan fingerprint density at radius 2 is 2.24 bits per heavy atom. The first kappa shape index (κ1) is 11.5. The summed E-state index contributed by atoms with van der Waals surface area (Å²) < 4.78 is 2.15. The van der Waals surface area contributed by atoms with Crippen molar-refractivity contribution in [2.24, 2.45) is 5.11 Å². The minimum Gasteiger partial charge on any atom is -0.328 e. The molecule has 0 amide bonds. The van der Waals surface area contributed by atoms with Crippen molar-refractivity contribution in [1.82, 2.24) is 9.55 Å². The van der Waals surface area contributed by atoms with Crippen LogP contribution in [0, 0.1) is 0 Å². The summed E-state index contributed by atoms with van der Waals surface area (Å²) in [4.78, 5) is 7.39. The van der Waals surface area contributed by atoms with Gasteiger partial charge in [-0.15, -0.1) is 0 Å². The molecule has 2 aromatic rings. The third-order valence-corrected chi connectivity index (χ3v) is 2.69. The zero-order chi connectivity index (χ0) is 12.1. The monoisotopic (exact) mass is 229 g/mol. The number of aryl methyl sites for hydroxylation is 1. The Morgan fingerprint density at radius 1 is 1.41 bits per heavy atom. The molecule has 0 aliphatic rings. The fourth-order valence-electron chi connectivity index (χ4n) is 1.98. The van der Waals surface area contributed by atoms with Crippen molar-refractivity contribution >= 4 is 11.0 Å². The fourth-order valence-corrected chi connectivity index (χ4v) is 1.98. The second-order valence-corrected chi connectivity index (χ2v) is 3.87. The van der Waals surface area contributed by atoms with Gasteiger partial charge in [0.25, 0.3) is 0 Å². The van der Waals surface area contributed by atoms with E-state index < -0.39 is 0 Å². The van der Waals surface area contributed by atoms with Crippen molar-refractivity contribution < 1.29 is 0 Å². The Labute approximate surface area is 99.7 Å². The van der Waals surface area contributed by atoms with Crippen LogP contribution < -0.4 is 0 Å². The van der Waals surface area contributed by atoms with E-state index in [2.05, 4.69) is 32.6 Å². The Bertz CT molecular complexity index is 551. The molecule has 1 aromatic heterocycles. The Hall–Kier alpha value is -2.00. The number of rotatable bonds is 5. The number of fused-ring (bicyclic) bond motifs is 1. The lowest BCUT2D eigenvalue weighted by Crippen LogP contribution is -2.05. The van der Waals surface area contributed by atoms with E-state index in [9.17, 15) is 0 Å². The second kappa shape index (κ2) is 5.37. The summed E-state index contributed by atoms with van der Waals surface area (Å²) in [5.41, 5.74) is 10.4. The van der Waals surface area contributed by atoms with Gasteiger partial charge in [0.2, 0.25) is 0 Å². The van der Waals surface area contributed by atoms with Crippen LogP contribution in [0.5, 0.6) is 0 Å². The summed E-state index contributed by atoms with van der Waals surface area (Å²) in [6.07, 6.45) is 2.01. The molecule has 0 spiro atoms. The Balaban J connectivity index is 2.40. The average Bonchev–Trinajstić information content (AvgIpc) is 2.69. The standard InChI is InChI=1S/C12H15N5/c1-2-5-12-15-10-6-3-4-7-11(10)17(12)9-8-14-16-13/h3-4,6-7H,2,5,8-9H2,1H3. The van der Waals surface area contributed by atoms with Crippen molar-refractivity contribution in [1.29, 1.82) is 0 Å². The van der Waals surface area contributed by atoms with E-state index in [0.29, 0.717) is 13.1 Å². The van der Waals surface area contributed by atoms with Crippen LogP contribution in [0.25, 0.3) is 21.5 Å². The highest BCUT2D eigenvalue weighted by molar-refractivity contribution is 5.75. The minimum atomic E-state index is 0.466. The minimum absolute atomic E-state index is 0.466. The summed E-state index contributed by atoms with van der Waals surface area (Å²) in [7, 11) is 0. The molecule has 1 heterocycles. The van der Waals surface area contributed by atoms with Gasteiger partial charge in [-0.3, -0.25) is 0 Å². The molecule has 0 saturated heterocycles. The largest absolute Gasteiger partial charge is 0.328 e. The highest BCUT2D eigenvalue weighted by Crippen LogP contribution is 2.16. The highest BCUT2D eigenvalue weighted by atomic mass is 15.2. The van der Waals surface area contributed by atoms with Gasteiger partial charge in [0.05, 0.1) is 11.0 Å². The summed E-state index contributed by atoms with van der Waals surface area (Å²) in [5, 5.41) is 3.59. The maximum Gasteiger partial charge on any atom is 0.109 e. The van der Waals surface area contributed by atoms with Gasteiger partial charge in [-0.1, -0.05) is 24.2 Å². The molecule has 0 atom stereocenters. The van der Waals surface area contributed by atoms with Crippen LogP contribution in [0.2, 0.25) is 0 Å². The first-order valence-corrected chi connectivity index (χ1v) is 5.81. The molecular weight excluding hydrogens is 214 g/mol. The highest BCUT2D eigenvalue weighted by Gasteiger charge is 2.08. The lowest BCUT2D eigenvalue weighted by Gasteiger charge is -2.06. The van der Waals surface area contributed by atoms with Gasteiger partial charge in [0.15, 0.2) is 0 Å². The summed E-state index contributed by atoms with van der Waals surface area (Å²) >= 11 is 0. The molecule has 2 rings (SSSR count). The van der Waals surface area contributed by atoms with Crippen LogP contribution in [-0.2, 0) is 13.0 Å². The van der Waals surface area contributed by atoms with Gasteiger partial charge in [0, 0.05) is 24.4 Å². The molecule has 0 bridgehead atoms. The van der Waals surface area contributed by atoms with Gasteiger partial charge < -0.3 is 4.57 Å². The number of para-hydroxylation sites is 2. The summed E-state index contributed by atoms with van der Waals surface area (Å²) in [5.74, 6) is 1.07. The van der Waals surface area contributed by atoms with Crippen LogP contribution >= 0.6 is 0 Å². The predicted molar refractivity (Wildman–Crippen MR) is 67.7 cm³/mol. The molecular formula is C12H15N5. The Morgan fingerprint density at radius 3 is 3.00 bits per heavy atom. The van der Waals surface area contributed by atoms with E-state index in [4.69, 9.17) is 5.53 Å². The van der Waals surface area contributed by atoms with E-state index in [1.807, 2.05) is 18.2 Å². The third-order valence-electron chi connectivity index (χ3n) is 2.69. The second-order valence-electron chi connectivity index (χ2n) is 3.87. The number of hydrogen-bond donors (Lipinski definition) is 0. The molecule has 0 unspecified atom stereocenters. The van der Waals surface area contributed by atoms with Gasteiger partial charge >= 0.3 is 0 Å². The number of imidazole rings is 1. The number of azide groups is 1. The van der Waals surface area contributed by atoms with Crippen molar-refractivity contribution in [3.05, 3.63) is 40.5 Å². The lowest BCUT2D eigenvalue weighted by molar-refractivity contribution is 0.666. The van der Waals surface area contributed by atoms with Crippen LogP contribution in [0.3, 0.4) is 0 Å². The van der Waals surface area contributed by atoms with Gasteiger partial charge in [0.1, 0.15) is 5.82 Å². The normalized spacial score (nSPS) is 10.4. The molecule has 0 fully saturated rings. The topological polar surface area (TPSA) is 66.6 Å². The predicted octanol–water partition coefficient (Wildman–Crippen LogP) is 3.30. The number of hydrogen-bond acceptors (Lipinski definition) is 2. The number of aromatic nitrogens is 2. The van der Waals surface area contributed by atoms with E-state index in [1.54, 1.807) is 0 Å². The summed E-state index contributed by atoms with van der Waals surface area (Å²) in [6.45, 7) is 3.30. The maximum atomic E-state index is 8.31. The van der Waals surface area contributed by atoms with E-state index >= 15 is 0 Å². The van der Waals surface area contributed by atoms with E-state index in [1.165, 1.54) is 0 Å². The maximum absolute atomic E-state index is 8.31. The molecule has 5 heteroatoms. The van der Waals surface area contributed by atoms with Crippen LogP contribution in [0.1, 0.15) is 19.2 Å². The Kier molecular flexibility index (Phi) is 3.62. The number of nitrogens with zero attached hydrogens (tertiary/aromatic N) is 5.